The monoisotopic (exact) mass is 380 g/mol. The summed E-state index contributed by atoms with van der Waals surface area (Å²) in [5, 5.41) is 9.13. The van der Waals surface area contributed by atoms with E-state index in [4.69, 9.17) is 14.7 Å². The van der Waals surface area contributed by atoms with Crippen LogP contribution in [-0.2, 0) is 11.3 Å². The Morgan fingerprint density at radius 2 is 1.96 bits per heavy atom. The second-order valence-corrected chi connectivity index (χ2v) is 7.02. The van der Waals surface area contributed by atoms with Gasteiger partial charge in [-0.15, -0.1) is 0 Å². The lowest BCUT2D eigenvalue weighted by molar-refractivity contribution is 0.181. The van der Waals surface area contributed by atoms with E-state index in [9.17, 15) is 4.39 Å². The molecule has 3 rings (SSSR count). The normalized spacial score (nSPS) is 14.6. The van der Waals surface area contributed by atoms with Gasteiger partial charge in [0.05, 0.1) is 19.3 Å². The summed E-state index contributed by atoms with van der Waals surface area (Å²) < 4.78 is 24.5. The van der Waals surface area contributed by atoms with Crippen molar-refractivity contribution in [3.63, 3.8) is 0 Å². The molecule has 1 aliphatic rings. The molecule has 0 bridgehead atoms. The second-order valence-electron chi connectivity index (χ2n) is 7.02. The second kappa shape index (κ2) is 8.90. The number of hydrogen-bond acceptors (Lipinski definition) is 4. The Bertz CT molecular complexity index is 896. The van der Waals surface area contributed by atoms with Gasteiger partial charge >= 0.3 is 0 Å². The molecule has 1 saturated heterocycles. The summed E-state index contributed by atoms with van der Waals surface area (Å²) in [6.45, 7) is 6.27. The molecule has 0 saturated carbocycles. The highest BCUT2D eigenvalue weighted by Gasteiger charge is 2.23. The molecule has 2 aromatic carbocycles. The molecule has 0 N–H and O–H groups in total. The topological polar surface area (TPSA) is 45.5 Å². The number of allylic oxidation sites excluding steroid dienone is 1. The van der Waals surface area contributed by atoms with Crippen LogP contribution < -0.4 is 9.64 Å². The summed E-state index contributed by atoms with van der Waals surface area (Å²) in [6.07, 6.45) is 1.89. The quantitative estimate of drug-likeness (QED) is 0.723. The summed E-state index contributed by atoms with van der Waals surface area (Å²) in [4.78, 5) is 2.29. The fourth-order valence-corrected chi connectivity index (χ4v) is 3.71. The summed E-state index contributed by atoms with van der Waals surface area (Å²) in [5.41, 5.74) is 3.99. The lowest BCUT2D eigenvalue weighted by Crippen LogP contribution is -2.33. The number of ether oxygens (including phenoxy) is 2. The Balaban J connectivity index is 1.66. The van der Waals surface area contributed by atoms with Crippen molar-refractivity contribution in [1.29, 1.82) is 5.26 Å². The van der Waals surface area contributed by atoms with Crippen LogP contribution in [0.25, 0.3) is 5.57 Å². The first-order valence-corrected chi connectivity index (χ1v) is 9.37. The number of methoxy groups -OCH3 is 2. The third-order valence-corrected chi connectivity index (χ3v) is 5.38. The molecule has 0 unspecified atom stereocenters. The van der Waals surface area contributed by atoms with Gasteiger partial charge in [-0.3, -0.25) is 0 Å². The molecule has 1 aliphatic heterocycles. The average Bonchev–Trinajstić information content (AvgIpc) is 2.74. The lowest BCUT2D eigenvalue weighted by atomic mass is 9.85. The molecular weight excluding hydrogens is 355 g/mol. The Hall–Kier alpha value is -2.84. The maximum atomic E-state index is 14.2. The summed E-state index contributed by atoms with van der Waals surface area (Å²) in [7, 11) is 3.14. The minimum absolute atomic E-state index is 0.248. The molecule has 2 aromatic rings. The minimum Gasteiger partial charge on any atom is -0.495 e. The number of piperidine rings is 1. The maximum absolute atomic E-state index is 14.2. The number of halogens is 1. The molecule has 0 aromatic heterocycles. The standard InChI is InChI=1S/C23H25FN2O2/c1-16(18-4-5-20(15-27-2)22(24)12-18)17-8-10-26(11-9-17)21-7-6-19(14-25)23(13-21)28-3/h4-7,12-13,17H,1,8-11,15H2,2-3H3. The Kier molecular flexibility index (Phi) is 6.33. The molecule has 1 fully saturated rings. The van der Waals surface area contributed by atoms with Crippen LogP contribution in [0.1, 0.15) is 29.5 Å². The third-order valence-electron chi connectivity index (χ3n) is 5.38. The van der Waals surface area contributed by atoms with Crippen molar-refractivity contribution >= 4 is 11.3 Å². The van der Waals surface area contributed by atoms with E-state index in [2.05, 4.69) is 17.5 Å². The van der Waals surface area contributed by atoms with E-state index in [1.165, 1.54) is 0 Å². The van der Waals surface area contributed by atoms with Crippen LogP contribution in [0.2, 0.25) is 0 Å². The SMILES string of the molecule is C=C(c1ccc(COC)c(F)c1)C1CCN(c2ccc(C#N)c(OC)c2)CC1. The van der Waals surface area contributed by atoms with Gasteiger partial charge in [-0.2, -0.15) is 5.26 Å². The van der Waals surface area contributed by atoms with E-state index < -0.39 is 0 Å². The van der Waals surface area contributed by atoms with E-state index in [0.717, 1.165) is 42.8 Å². The van der Waals surface area contributed by atoms with Crippen molar-refractivity contribution in [1.82, 2.24) is 0 Å². The lowest BCUT2D eigenvalue weighted by Gasteiger charge is -2.34. The number of nitrogens with zero attached hydrogens (tertiary/aromatic N) is 2. The van der Waals surface area contributed by atoms with Crippen molar-refractivity contribution in [2.75, 3.05) is 32.2 Å². The zero-order valence-corrected chi connectivity index (χ0v) is 16.4. The van der Waals surface area contributed by atoms with E-state index in [0.29, 0.717) is 22.8 Å². The van der Waals surface area contributed by atoms with Crippen molar-refractivity contribution < 1.29 is 13.9 Å². The molecule has 146 valence electrons. The van der Waals surface area contributed by atoms with Gasteiger partial charge in [0.2, 0.25) is 0 Å². The van der Waals surface area contributed by atoms with Crippen LogP contribution in [0.4, 0.5) is 10.1 Å². The van der Waals surface area contributed by atoms with Gasteiger partial charge in [-0.25, -0.2) is 4.39 Å². The number of nitriles is 1. The molecule has 0 radical (unpaired) electrons. The zero-order chi connectivity index (χ0) is 20.1. The van der Waals surface area contributed by atoms with E-state index in [1.54, 1.807) is 32.4 Å². The van der Waals surface area contributed by atoms with Crippen LogP contribution in [0.15, 0.2) is 43.0 Å². The Labute approximate surface area is 165 Å². The molecule has 0 amide bonds. The van der Waals surface area contributed by atoms with Crippen molar-refractivity contribution in [2.24, 2.45) is 5.92 Å². The number of rotatable bonds is 6. The molecular formula is C23H25FN2O2. The van der Waals surface area contributed by atoms with E-state index in [-0.39, 0.29) is 12.4 Å². The number of benzene rings is 2. The van der Waals surface area contributed by atoms with Crippen molar-refractivity contribution in [3.05, 3.63) is 65.5 Å². The fraction of sp³-hybridized carbons (Fsp3) is 0.348. The highest BCUT2D eigenvalue weighted by molar-refractivity contribution is 5.66. The molecule has 1 heterocycles. The van der Waals surface area contributed by atoms with Crippen molar-refractivity contribution in [3.8, 4) is 11.8 Å². The summed E-state index contributed by atoms with van der Waals surface area (Å²) in [5.74, 6) is 0.671. The molecule has 28 heavy (non-hydrogen) atoms. The largest absolute Gasteiger partial charge is 0.495 e. The van der Waals surface area contributed by atoms with Crippen LogP contribution in [0.5, 0.6) is 5.75 Å². The van der Waals surface area contributed by atoms with Crippen LogP contribution in [0.3, 0.4) is 0 Å². The summed E-state index contributed by atoms with van der Waals surface area (Å²) >= 11 is 0. The van der Waals surface area contributed by atoms with Gasteiger partial charge in [-0.05, 0) is 48.1 Å². The smallest absolute Gasteiger partial charge is 0.138 e. The van der Waals surface area contributed by atoms with Crippen LogP contribution >= 0.6 is 0 Å². The zero-order valence-electron chi connectivity index (χ0n) is 16.4. The predicted molar refractivity (Wildman–Crippen MR) is 109 cm³/mol. The summed E-state index contributed by atoms with van der Waals surface area (Å²) in [6, 6.07) is 13.1. The fourth-order valence-electron chi connectivity index (χ4n) is 3.71. The molecule has 0 spiro atoms. The molecule has 0 aliphatic carbocycles. The van der Waals surface area contributed by atoms with Gasteiger partial charge in [-0.1, -0.05) is 18.7 Å². The number of anilines is 1. The highest BCUT2D eigenvalue weighted by atomic mass is 19.1. The van der Waals surface area contributed by atoms with Crippen LogP contribution in [0, 0.1) is 23.1 Å². The Morgan fingerprint density at radius 3 is 2.57 bits per heavy atom. The van der Waals surface area contributed by atoms with Gasteiger partial charge in [0.1, 0.15) is 17.6 Å². The first-order chi connectivity index (χ1) is 13.6. The Morgan fingerprint density at radius 1 is 1.21 bits per heavy atom. The highest BCUT2D eigenvalue weighted by Crippen LogP contribution is 2.34. The molecule has 5 heteroatoms. The maximum Gasteiger partial charge on any atom is 0.138 e. The first-order valence-electron chi connectivity index (χ1n) is 9.37. The van der Waals surface area contributed by atoms with Gasteiger partial charge in [0.25, 0.3) is 0 Å². The van der Waals surface area contributed by atoms with Crippen molar-refractivity contribution in [2.45, 2.75) is 19.4 Å². The molecule has 0 atom stereocenters. The van der Waals surface area contributed by atoms with Gasteiger partial charge < -0.3 is 14.4 Å². The average molecular weight is 380 g/mol. The van der Waals surface area contributed by atoms with Gasteiger partial charge in [0.15, 0.2) is 0 Å². The van der Waals surface area contributed by atoms with E-state index >= 15 is 0 Å². The first kappa shape index (κ1) is 19.9. The number of hydrogen-bond donors (Lipinski definition) is 0. The minimum atomic E-state index is -0.248. The van der Waals surface area contributed by atoms with Crippen LogP contribution in [-0.4, -0.2) is 27.3 Å². The third kappa shape index (κ3) is 4.18. The molecule has 4 nitrogen and oxygen atoms in total. The predicted octanol–water partition coefficient (Wildman–Crippen LogP) is 4.78. The van der Waals surface area contributed by atoms with E-state index in [1.807, 2.05) is 18.2 Å². The van der Waals surface area contributed by atoms with Gasteiger partial charge in [0, 0.05) is 37.5 Å².